The van der Waals surface area contributed by atoms with Gasteiger partial charge in [0.2, 0.25) is 17.4 Å². The highest BCUT2D eigenvalue weighted by atomic mass is 19.2. The number of carbonyl (C=O) groups excluding carboxylic acids is 1. The van der Waals surface area contributed by atoms with Crippen LogP contribution >= 0.6 is 0 Å². The summed E-state index contributed by atoms with van der Waals surface area (Å²) in [5, 5.41) is 0. The Hall–Kier alpha value is -1.59. The number of hydrogen-bond donors (Lipinski definition) is 0. The normalized spacial score (nSPS) is 17.2. The standard InChI is InChI=1S/C26H38F4O2/c27-21-19-22(28)25(30)26(24(21)29)32-23(31)18-14-10-9-13-17-20-15-11-7-5-3-1-2-4-6-8-12-16-20/h19-20H,1-18H2. The van der Waals surface area contributed by atoms with Gasteiger partial charge in [-0.05, 0) is 12.3 Å². The van der Waals surface area contributed by atoms with Crippen LogP contribution in [0.25, 0.3) is 0 Å². The topological polar surface area (TPSA) is 26.3 Å². The molecule has 6 heteroatoms. The lowest BCUT2D eigenvalue weighted by Gasteiger charge is -2.16. The fourth-order valence-electron chi connectivity index (χ4n) is 4.57. The van der Waals surface area contributed by atoms with Crippen LogP contribution in [0.2, 0.25) is 0 Å². The van der Waals surface area contributed by atoms with Crippen LogP contribution in [0.5, 0.6) is 5.75 Å². The van der Waals surface area contributed by atoms with Gasteiger partial charge in [0.15, 0.2) is 11.6 Å². The molecule has 0 radical (unpaired) electrons. The second-order valence-electron chi connectivity index (χ2n) is 9.20. The average molecular weight is 459 g/mol. The van der Waals surface area contributed by atoms with E-state index in [0.717, 1.165) is 25.2 Å². The maximum atomic E-state index is 13.6. The minimum atomic E-state index is -1.69. The maximum Gasteiger partial charge on any atom is 0.311 e. The van der Waals surface area contributed by atoms with Crippen molar-refractivity contribution in [2.75, 3.05) is 0 Å². The third-order valence-corrected chi connectivity index (χ3v) is 6.51. The highest BCUT2D eigenvalue weighted by molar-refractivity contribution is 5.72. The van der Waals surface area contributed by atoms with E-state index in [1.54, 1.807) is 0 Å². The zero-order valence-corrected chi connectivity index (χ0v) is 19.2. The summed E-state index contributed by atoms with van der Waals surface area (Å²) < 4.78 is 58.1. The number of benzene rings is 1. The molecule has 32 heavy (non-hydrogen) atoms. The summed E-state index contributed by atoms with van der Waals surface area (Å²) >= 11 is 0. The zero-order valence-electron chi connectivity index (χ0n) is 19.2. The molecule has 1 aromatic rings. The predicted octanol–water partition coefficient (Wildman–Crippen LogP) is 8.80. The van der Waals surface area contributed by atoms with Crippen LogP contribution in [0.15, 0.2) is 6.07 Å². The summed E-state index contributed by atoms with van der Waals surface area (Å²) in [6, 6.07) is 0.0890. The van der Waals surface area contributed by atoms with Crippen molar-refractivity contribution in [2.24, 2.45) is 5.92 Å². The molecule has 0 spiro atoms. The molecule has 0 aromatic heterocycles. The molecule has 0 N–H and O–H groups in total. The van der Waals surface area contributed by atoms with Gasteiger partial charge in [0, 0.05) is 12.5 Å². The Morgan fingerprint density at radius 3 is 1.72 bits per heavy atom. The van der Waals surface area contributed by atoms with E-state index in [-0.39, 0.29) is 12.5 Å². The van der Waals surface area contributed by atoms with Gasteiger partial charge in [-0.15, -0.1) is 0 Å². The molecule has 2 nitrogen and oxygen atoms in total. The quantitative estimate of drug-likeness (QED) is 0.128. The van der Waals surface area contributed by atoms with Gasteiger partial charge in [0.25, 0.3) is 0 Å². The molecule has 2 rings (SSSR count). The third-order valence-electron chi connectivity index (χ3n) is 6.51. The first-order valence-corrected chi connectivity index (χ1v) is 12.5. The molecule has 0 amide bonds. The van der Waals surface area contributed by atoms with E-state index < -0.39 is 35.0 Å². The van der Waals surface area contributed by atoms with Gasteiger partial charge >= 0.3 is 5.97 Å². The number of ether oxygens (including phenoxy) is 1. The Bertz CT molecular complexity index is 653. The molecule has 0 atom stereocenters. The van der Waals surface area contributed by atoms with E-state index in [0.29, 0.717) is 6.42 Å². The lowest BCUT2D eigenvalue weighted by atomic mass is 9.90. The van der Waals surface area contributed by atoms with E-state index in [2.05, 4.69) is 4.74 Å². The molecule has 1 saturated carbocycles. The van der Waals surface area contributed by atoms with Crippen molar-refractivity contribution in [1.29, 1.82) is 0 Å². The molecule has 1 aliphatic rings. The summed E-state index contributed by atoms with van der Waals surface area (Å²) in [7, 11) is 0. The van der Waals surface area contributed by atoms with Gasteiger partial charge < -0.3 is 4.74 Å². The van der Waals surface area contributed by atoms with E-state index in [4.69, 9.17) is 0 Å². The fraction of sp³-hybridized carbons (Fsp3) is 0.731. The molecule has 182 valence electrons. The lowest BCUT2D eigenvalue weighted by Crippen LogP contribution is -2.11. The molecule has 0 saturated heterocycles. The number of halogens is 4. The average Bonchev–Trinajstić information content (AvgIpc) is 2.79. The molecule has 1 aliphatic carbocycles. The monoisotopic (exact) mass is 458 g/mol. The molecule has 1 aromatic carbocycles. The van der Waals surface area contributed by atoms with Crippen LogP contribution in [0, 0.1) is 29.2 Å². The van der Waals surface area contributed by atoms with Crippen molar-refractivity contribution >= 4 is 5.97 Å². The van der Waals surface area contributed by atoms with E-state index in [1.807, 2.05) is 0 Å². The van der Waals surface area contributed by atoms with Crippen molar-refractivity contribution in [1.82, 2.24) is 0 Å². The summed E-state index contributed by atoms with van der Waals surface area (Å²) in [4.78, 5) is 11.8. The van der Waals surface area contributed by atoms with Crippen molar-refractivity contribution in [2.45, 2.75) is 116 Å². The van der Waals surface area contributed by atoms with Crippen molar-refractivity contribution < 1.29 is 27.1 Å². The number of rotatable bonds is 8. The second kappa shape index (κ2) is 15.3. The van der Waals surface area contributed by atoms with Crippen LogP contribution in [-0.2, 0) is 4.79 Å². The van der Waals surface area contributed by atoms with Crippen LogP contribution in [0.1, 0.15) is 116 Å². The number of hydrogen-bond acceptors (Lipinski definition) is 2. The molecular weight excluding hydrogens is 420 g/mol. The van der Waals surface area contributed by atoms with Crippen molar-refractivity contribution in [3.05, 3.63) is 29.3 Å². The fourth-order valence-corrected chi connectivity index (χ4v) is 4.57. The SMILES string of the molecule is O=C(CCCCCCC1CCCCCCCCCCCC1)Oc1c(F)c(F)cc(F)c1F. The Labute approximate surface area is 190 Å². The van der Waals surface area contributed by atoms with Crippen LogP contribution < -0.4 is 4.74 Å². The number of carbonyl (C=O) groups is 1. The lowest BCUT2D eigenvalue weighted by molar-refractivity contribution is -0.135. The zero-order chi connectivity index (χ0) is 23.2. The highest BCUT2D eigenvalue weighted by Crippen LogP contribution is 2.28. The van der Waals surface area contributed by atoms with Gasteiger partial charge in [-0.2, -0.15) is 8.78 Å². The van der Waals surface area contributed by atoms with Crippen LogP contribution in [0.4, 0.5) is 17.6 Å². The Kier molecular flexibility index (Phi) is 12.7. The van der Waals surface area contributed by atoms with Crippen LogP contribution in [-0.4, -0.2) is 5.97 Å². The third kappa shape index (κ3) is 9.91. The first-order valence-electron chi connectivity index (χ1n) is 12.5. The Balaban J connectivity index is 1.63. The summed E-state index contributed by atoms with van der Waals surface area (Å²) in [5.74, 6) is -7.96. The molecule has 0 bridgehead atoms. The highest BCUT2D eigenvalue weighted by Gasteiger charge is 2.22. The Morgan fingerprint density at radius 2 is 1.19 bits per heavy atom. The van der Waals surface area contributed by atoms with Gasteiger partial charge in [-0.25, -0.2) is 8.78 Å². The number of unbranched alkanes of at least 4 members (excludes halogenated alkanes) is 3. The summed E-state index contributed by atoms with van der Waals surface area (Å²) in [5.41, 5.74) is 0. The number of esters is 1. The first kappa shape index (κ1) is 26.7. The van der Waals surface area contributed by atoms with Crippen molar-refractivity contribution in [3.63, 3.8) is 0 Å². The van der Waals surface area contributed by atoms with Gasteiger partial charge in [-0.3, -0.25) is 4.79 Å². The summed E-state index contributed by atoms with van der Waals surface area (Å²) in [6.07, 6.45) is 20.8. The van der Waals surface area contributed by atoms with Gasteiger partial charge in [0.05, 0.1) is 0 Å². The van der Waals surface area contributed by atoms with E-state index >= 15 is 0 Å². The minimum Gasteiger partial charge on any atom is -0.420 e. The van der Waals surface area contributed by atoms with Crippen molar-refractivity contribution in [3.8, 4) is 5.75 Å². The molecule has 1 fully saturated rings. The maximum absolute atomic E-state index is 13.6. The van der Waals surface area contributed by atoms with E-state index in [1.165, 1.54) is 83.5 Å². The van der Waals surface area contributed by atoms with Crippen LogP contribution in [0.3, 0.4) is 0 Å². The van der Waals surface area contributed by atoms with E-state index in [9.17, 15) is 22.4 Å². The molecule has 0 heterocycles. The van der Waals surface area contributed by atoms with Gasteiger partial charge in [0.1, 0.15) is 0 Å². The van der Waals surface area contributed by atoms with Gasteiger partial charge in [-0.1, -0.05) is 103 Å². The first-order chi connectivity index (χ1) is 15.5. The molecule has 0 unspecified atom stereocenters. The molecular formula is C26H38F4O2. The Morgan fingerprint density at radius 1 is 0.719 bits per heavy atom. The second-order valence-corrected chi connectivity index (χ2v) is 9.20. The smallest absolute Gasteiger partial charge is 0.311 e. The summed E-state index contributed by atoms with van der Waals surface area (Å²) in [6.45, 7) is 0. The largest absolute Gasteiger partial charge is 0.420 e. The minimum absolute atomic E-state index is 0.0412. The molecule has 0 aliphatic heterocycles. The predicted molar refractivity (Wildman–Crippen MR) is 119 cm³/mol.